The Morgan fingerprint density at radius 1 is 1.06 bits per heavy atom. The zero-order valence-corrected chi connectivity index (χ0v) is 19.1. The van der Waals surface area contributed by atoms with Gasteiger partial charge in [-0.05, 0) is 49.4 Å². The van der Waals surface area contributed by atoms with Crippen molar-refractivity contribution in [2.75, 3.05) is 0 Å². The summed E-state index contributed by atoms with van der Waals surface area (Å²) < 4.78 is 41.8. The molecule has 0 saturated carbocycles. The largest absolute Gasteiger partial charge is 0.416 e. The quantitative estimate of drug-likeness (QED) is 0.406. The number of nitrogens with zero attached hydrogens (tertiary/aromatic N) is 5. The van der Waals surface area contributed by atoms with Crippen molar-refractivity contribution in [2.45, 2.75) is 19.1 Å². The highest BCUT2D eigenvalue weighted by atomic mass is 19.4. The molecule has 0 fully saturated rings. The molecule has 0 aliphatic heterocycles. The third-order valence-electron chi connectivity index (χ3n) is 5.79. The van der Waals surface area contributed by atoms with Gasteiger partial charge < -0.3 is 5.32 Å². The molecule has 0 bridgehead atoms. The van der Waals surface area contributed by atoms with Crippen molar-refractivity contribution in [3.8, 4) is 5.69 Å². The van der Waals surface area contributed by atoms with Crippen LogP contribution in [0, 0.1) is 0 Å². The molecule has 182 valence electrons. The van der Waals surface area contributed by atoms with Crippen LogP contribution in [0.5, 0.6) is 0 Å². The number of nitrogens with one attached hydrogen (secondary N) is 1. The number of hydrogen-bond acceptors (Lipinski definition) is 5. The van der Waals surface area contributed by atoms with Gasteiger partial charge in [0.1, 0.15) is 11.2 Å². The second-order valence-electron chi connectivity index (χ2n) is 8.30. The molecule has 1 aromatic carbocycles. The van der Waals surface area contributed by atoms with Crippen molar-refractivity contribution >= 4 is 27.8 Å². The van der Waals surface area contributed by atoms with E-state index < -0.39 is 23.2 Å². The van der Waals surface area contributed by atoms with Crippen molar-refractivity contribution in [3.63, 3.8) is 0 Å². The predicted octanol–water partition coefficient (Wildman–Crippen LogP) is 4.18. The molecule has 4 heterocycles. The molecule has 0 saturated heterocycles. The maximum Gasteiger partial charge on any atom is 0.416 e. The first-order valence-electron chi connectivity index (χ1n) is 10.9. The molecule has 0 aliphatic rings. The summed E-state index contributed by atoms with van der Waals surface area (Å²) in [6, 6.07) is 10.8. The minimum Gasteiger partial charge on any atom is -0.344 e. The Morgan fingerprint density at radius 3 is 2.47 bits per heavy atom. The molecule has 8 nitrogen and oxygen atoms in total. The molecule has 1 amide bonds. The molecule has 0 radical (unpaired) electrons. The predicted molar refractivity (Wildman–Crippen MR) is 127 cm³/mol. The van der Waals surface area contributed by atoms with E-state index in [9.17, 15) is 22.8 Å². The number of carbonyl (C=O) groups excluding carboxylic acids is 1. The van der Waals surface area contributed by atoms with E-state index >= 15 is 0 Å². The van der Waals surface area contributed by atoms with Crippen LogP contribution in [0.15, 0.2) is 71.9 Å². The fourth-order valence-corrected chi connectivity index (χ4v) is 4.02. The summed E-state index contributed by atoms with van der Waals surface area (Å²) in [5.74, 6) is -0.404. The third kappa shape index (κ3) is 4.08. The lowest BCUT2D eigenvalue weighted by Crippen LogP contribution is -2.27. The normalized spacial score (nSPS) is 12.7. The Kier molecular flexibility index (Phi) is 5.54. The summed E-state index contributed by atoms with van der Waals surface area (Å²) >= 11 is 0. The Morgan fingerprint density at radius 2 is 1.81 bits per heavy atom. The van der Waals surface area contributed by atoms with E-state index in [2.05, 4.69) is 20.4 Å². The number of rotatable bonds is 4. The smallest absolute Gasteiger partial charge is 0.344 e. The van der Waals surface area contributed by atoms with Crippen LogP contribution in [-0.2, 0) is 13.2 Å². The first-order valence-corrected chi connectivity index (χ1v) is 10.9. The summed E-state index contributed by atoms with van der Waals surface area (Å²) in [7, 11) is 1.65. The van der Waals surface area contributed by atoms with E-state index in [0.29, 0.717) is 16.6 Å². The monoisotopic (exact) mass is 492 g/mol. The van der Waals surface area contributed by atoms with Crippen LogP contribution >= 0.6 is 0 Å². The first-order chi connectivity index (χ1) is 17.1. The van der Waals surface area contributed by atoms with Crippen LogP contribution in [0.4, 0.5) is 13.2 Å². The second kappa shape index (κ2) is 8.59. The van der Waals surface area contributed by atoms with Crippen molar-refractivity contribution in [2.24, 2.45) is 7.05 Å². The number of fused-ring (bicyclic) bond motifs is 3. The topological polar surface area (TPSA) is 94.7 Å². The molecule has 5 aromatic rings. The lowest BCUT2D eigenvalue weighted by molar-refractivity contribution is -0.137. The van der Waals surface area contributed by atoms with Crippen LogP contribution < -0.4 is 10.9 Å². The number of hydrogen-bond donors (Lipinski definition) is 1. The van der Waals surface area contributed by atoms with Crippen LogP contribution in [0.25, 0.3) is 27.6 Å². The Labute approximate surface area is 202 Å². The van der Waals surface area contributed by atoms with Crippen molar-refractivity contribution < 1.29 is 18.0 Å². The first kappa shape index (κ1) is 23.2. The van der Waals surface area contributed by atoms with E-state index in [0.717, 1.165) is 12.1 Å². The minimum atomic E-state index is -4.51. The van der Waals surface area contributed by atoms with Gasteiger partial charge in [0.15, 0.2) is 0 Å². The second-order valence-corrected chi connectivity index (χ2v) is 8.30. The van der Waals surface area contributed by atoms with Gasteiger partial charge in [0.05, 0.1) is 33.9 Å². The van der Waals surface area contributed by atoms with Crippen LogP contribution in [0.2, 0.25) is 0 Å². The van der Waals surface area contributed by atoms with Gasteiger partial charge in [-0.1, -0.05) is 6.07 Å². The molecule has 0 unspecified atom stereocenters. The van der Waals surface area contributed by atoms with Gasteiger partial charge in [0.25, 0.3) is 11.5 Å². The average Bonchev–Trinajstić information content (AvgIpc) is 3.26. The van der Waals surface area contributed by atoms with Crippen LogP contribution in [-0.4, -0.2) is 30.2 Å². The molecule has 36 heavy (non-hydrogen) atoms. The molecular formula is C25H19F3N6O2. The fourth-order valence-electron chi connectivity index (χ4n) is 4.02. The van der Waals surface area contributed by atoms with Gasteiger partial charge in [0, 0.05) is 31.0 Å². The summed E-state index contributed by atoms with van der Waals surface area (Å²) in [5, 5.41) is 7.88. The average molecular weight is 492 g/mol. The Bertz CT molecular complexity index is 1660. The number of amides is 1. The van der Waals surface area contributed by atoms with Gasteiger partial charge in [-0.3, -0.25) is 23.8 Å². The van der Waals surface area contributed by atoms with Gasteiger partial charge >= 0.3 is 6.18 Å². The summed E-state index contributed by atoms with van der Waals surface area (Å²) in [6.45, 7) is 1.80. The van der Waals surface area contributed by atoms with Crippen molar-refractivity contribution in [3.05, 3.63) is 94.3 Å². The maximum atomic E-state index is 13.3. The van der Waals surface area contributed by atoms with Gasteiger partial charge in [0.2, 0.25) is 0 Å². The molecule has 4 aromatic heterocycles. The number of carbonyl (C=O) groups is 1. The molecular weight excluding hydrogens is 473 g/mol. The van der Waals surface area contributed by atoms with Gasteiger partial charge in [-0.2, -0.15) is 18.3 Å². The van der Waals surface area contributed by atoms with Crippen molar-refractivity contribution in [1.29, 1.82) is 0 Å². The van der Waals surface area contributed by atoms with Crippen molar-refractivity contribution in [1.82, 2.24) is 29.6 Å². The molecule has 0 aliphatic carbocycles. The summed E-state index contributed by atoms with van der Waals surface area (Å²) in [4.78, 5) is 34.9. The standard InChI is InChI=1S/C25H19F3N6O2/c1-14(20-5-3-4-10-29-20)31-23(35)15-11-18-21-19(13-33(2)32-21)24(36)34(22(18)30-12-15)17-8-6-16(7-9-17)25(26,27)28/h3-14H,1-2H3,(H,31,35)/t14-/m0/s1. The van der Waals surface area contributed by atoms with E-state index in [1.54, 1.807) is 38.4 Å². The summed E-state index contributed by atoms with van der Waals surface area (Å²) in [5.41, 5.74) is 0.301. The van der Waals surface area contributed by atoms with E-state index in [1.807, 2.05) is 6.07 Å². The van der Waals surface area contributed by atoms with Gasteiger partial charge in [-0.15, -0.1) is 0 Å². The highest BCUT2D eigenvalue weighted by Crippen LogP contribution is 2.30. The SMILES string of the molecule is C[C@H](NC(=O)c1cnc2c(c1)c1nn(C)cc1c(=O)n2-c1ccc(C(F)(F)F)cc1)c1ccccn1. The number of aromatic nitrogens is 5. The number of benzene rings is 1. The number of aryl methyl sites for hydroxylation is 1. The number of alkyl halides is 3. The molecule has 1 N–H and O–H groups in total. The lowest BCUT2D eigenvalue weighted by atomic mass is 10.1. The highest BCUT2D eigenvalue weighted by molar-refractivity contribution is 6.05. The number of pyridine rings is 3. The Hall–Kier alpha value is -4.54. The molecule has 11 heteroatoms. The zero-order valence-electron chi connectivity index (χ0n) is 19.1. The molecule has 1 atom stereocenters. The molecule has 5 rings (SSSR count). The van der Waals surface area contributed by atoms with E-state index in [-0.39, 0.29) is 28.3 Å². The highest BCUT2D eigenvalue weighted by Gasteiger charge is 2.30. The van der Waals surface area contributed by atoms with Gasteiger partial charge in [-0.25, -0.2) is 4.98 Å². The molecule has 0 spiro atoms. The lowest BCUT2D eigenvalue weighted by Gasteiger charge is -2.15. The maximum absolute atomic E-state index is 13.3. The number of halogens is 3. The summed E-state index contributed by atoms with van der Waals surface area (Å²) in [6.07, 6.45) is -0.0368. The van der Waals surface area contributed by atoms with E-state index in [1.165, 1.54) is 33.8 Å². The Balaban J connectivity index is 1.63. The fraction of sp³-hybridized carbons (Fsp3) is 0.160. The zero-order chi connectivity index (χ0) is 25.6. The van der Waals surface area contributed by atoms with Crippen LogP contribution in [0.3, 0.4) is 0 Å². The van der Waals surface area contributed by atoms with Crippen LogP contribution in [0.1, 0.15) is 34.6 Å². The minimum absolute atomic E-state index is 0.167. The van der Waals surface area contributed by atoms with E-state index in [4.69, 9.17) is 0 Å². The third-order valence-corrected chi connectivity index (χ3v) is 5.79.